The van der Waals surface area contributed by atoms with Crippen LogP contribution in [0.2, 0.25) is 0 Å². The van der Waals surface area contributed by atoms with Crippen LogP contribution in [0.15, 0.2) is 24.3 Å². The summed E-state index contributed by atoms with van der Waals surface area (Å²) < 4.78 is 6.28. The van der Waals surface area contributed by atoms with Crippen molar-refractivity contribution >= 4 is 0 Å². The number of rotatable bonds is 6. The standard InChI is InChI=1S/C17H26O2/c1-2-3-11-17(12-7-4-8-13-17)19-14-15-9-5-6-10-16(15)18/h5-6,9-10,18H,2-4,7-8,11-14H2,1H3. The molecule has 0 spiro atoms. The first kappa shape index (κ1) is 14.4. The van der Waals surface area contributed by atoms with Crippen molar-refractivity contribution in [3.63, 3.8) is 0 Å². The third kappa shape index (κ3) is 3.97. The van der Waals surface area contributed by atoms with E-state index in [1.54, 1.807) is 6.07 Å². The monoisotopic (exact) mass is 262 g/mol. The Morgan fingerprint density at radius 2 is 1.89 bits per heavy atom. The molecule has 1 saturated carbocycles. The first-order chi connectivity index (χ1) is 9.26. The predicted molar refractivity (Wildman–Crippen MR) is 78.2 cm³/mol. The normalized spacial score (nSPS) is 18.4. The fourth-order valence-electron chi connectivity index (χ4n) is 3.03. The van der Waals surface area contributed by atoms with Gasteiger partial charge in [0, 0.05) is 5.56 Å². The molecule has 1 N–H and O–H groups in total. The Labute approximate surface area is 116 Å². The average Bonchev–Trinajstić information content (AvgIpc) is 2.46. The first-order valence-corrected chi connectivity index (χ1v) is 7.67. The SMILES string of the molecule is CCCCC1(OCc2ccccc2O)CCCCC1. The molecule has 0 heterocycles. The lowest BCUT2D eigenvalue weighted by molar-refractivity contribution is -0.0872. The molecule has 0 bridgehead atoms. The van der Waals surface area contributed by atoms with Gasteiger partial charge in [0.2, 0.25) is 0 Å². The van der Waals surface area contributed by atoms with Crippen LogP contribution in [0, 0.1) is 0 Å². The van der Waals surface area contributed by atoms with E-state index >= 15 is 0 Å². The van der Waals surface area contributed by atoms with Gasteiger partial charge in [-0.05, 0) is 25.3 Å². The molecule has 0 unspecified atom stereocenters. The molecule has 0 aliphatic heterocycles. The largest absolute Gasteiger partial charge is 0.508 e. The van der Waals surface area contributed by atoms with Gasteiger partial charge in [-0.1, -0.05) is 57.2 Å². The van der Waals surface area contributed by atoms with Crippen molar-refractivity contribution in [2.45, 2.75) is 70.5 Å². The lowest BCUT2D eigenvalue weighted by Crippen LogP contribution is -2.34. The topological polar surface area (TPSA) is 29.5 Å². The third-order valence-electron chi connectivity index (χ3n) is 4.28. The van der Waals surface area contributed by atoms with Gasteiger partial charge in [-0.15, -0.1) is 0 Å². The van der Waals surface area contributed by atoms with Gasteiger partial charge in [-0.25, -0.2) is 0 Å². The first-order valence-electron chi connectivity index (χ1n) is 7.67. The lowest BCUT2D eigenvalue weighted by atomic mass is 9.81. The molecular weight excluding hydrogens is 236 g/mol. The number of phenols is 1. The third-order valence-corrected chi connectivity index (χ3v) is 4.28. The van der Waals surface area contributed by atoms with E-state index in [-0.39, 0.29) is 5.60 Å². The van der Waals surface area contributed by atoms with Gasteiger partial charge in [0.25, 0.3) is 0 Å². The molecular formula is C17H26O2. The van der Waals surface area contributed by atoms with Crippen LogP contribution in [0.1, 0.15) is 63.9 Å². The summed E-state index contributed by atoms with van der Waals surface area (Å²) >= 11 is 0. The minimum atomic E-state index is 0.0660. The van der Waals surface area contributed by atoms with Crippen molar-refractivity contribution in [1.29, 1.82) is 0 Å². The Kier molecular flexibility index (Phi) is 5.26. The van der Waals surface area contributed by atoms with Crippen LogP contribution in [0.3, 0.4) is 0 Å². The van der Waals surface area contributed by atoms with Gasteiger partial charge in [0.05, 0.1) is 12.2 Å². The van der Waals surface area contributed by atoms with Gasteiger partial charge in [-0.3, -0.25) is 0 Å². The molecule has 1 aromatic carbocycles. The van der Waals surface area contributed by atoms with E-state index in [2.05, 4.69) is 6.92 Å². The van der Waals surface area contributed by atoms with Crippen molar-refractivity contribution in [3.8, 4) is 5.75 Å². The summed E-state index contributed by atoms with van der Waals surface area (Å²) in [5.74, 6) is 0.351. The van der Waals surface area contributed by atoms with Crippen molar-refractivity contribution in [2.24, 2.45) is 0 Å². The molecule has 1 aliphatic rings. The van der Waals surface area contributed by atoms with E-state index in [4.69, 9.17) is 4.74 Å². The van der Waals surface area contributed by atoms with Gasteiger partial charge >= 0.3 is 0 Å². The quantitative estimate of drug-likeness (QED) is 0.797. The molecule has 1 aliphatic carbocycles. The van der Waals surface area contributed by atoms with Crippen LogP contribution in [-0.2, 0) is 11.3 Å². The van der Waals surface area contributed by atoms with Crippen LogP contribution >= 0.6 is 0 Å². The number of phenolic OH excluding ortho intramolecular Hbond substituents is 1. The van der Waals surface area contributed by atoms with E-state index in [0.29, 0.717) is 12.4 Å². The molecule has 19 heavy (non-hydrogen) atoms. The zero-order chi connectivity index (χ0) is 13.6. The second-order valence-corrected chi connectivity index (χ2v) is 5.76. The Balaban J connectivity index is 1.98. The van der Waals surface area contributed by atoms with Crippen LogP contribution in [0.5, 0.6) is 5.75 Å². The van der Waals surface area contributed by atoms with E-state index in [0.717, 1.165) is 12.0 Å². The molecule has 0 radical (unpaired) electrons. The van der Waals surface area contributed by atoms with Crippen molar-refractivity contribution in [1.82, 2.24) is 0 Å². The summed E-state index contributed by atoms with van der Waals surface area (Å²) in [6.07, 6.45) is 9.89. The number of benzene rings is 1. The molecule has 106 valence electrons. The Hall–Kier alpha value is -1.02. The number of unbranched alkanes of at least 4 members (excludes halogenated alkanes) is 1. The van der Waals surface area contributed by atoms with E-state index in [1.807, 2.05) is 18.2 Å². The molecule has 2 rings (SSSR count). The van der Waals surface area contributed by atoms with Gasteiger partial charge in [0.1, 0.15) is 5.75 Å². The number of hydrogen-bond donors (Lipinski definition) is 1. The Bertz CT molecular complexity index is 381. The maximum atomic E-state index is 9.82. The maximum Gasteiger partial charge on any atom is 0.121 e. The smallest absolute Gasteiger partial charge is 0.121 e. The van der Waals surface area contributed by atoms with E-state index in [1.165, 1.54) is 44.9 Å². The summed E-state index contributed by atoms with van der Waals surface area (Å²) in [6.45, 7) is 2.77. The van der Waals surface area contributed by atoms with Crippen LogP contribution in [-0.4, -0.2) is 10.7 Å². The molecule has 0 amide bonds. The number of ether oxygens (including phenoxy) is 1. The minimum absolute atomic E-state index is 0.0660. The summed E-state index contributed by atoms with van der Waals surface area (Å²) in [4.78, 5) is 0. The van der Waals surface area contributed by atoms with Gasteiger partial charge in [0.15, 0.2) is 0 Å². The Morgan fingerprint density at radius 3 is 2.58 bits per heavy atom. The highest BCUT2D eigenvalue weighted by molar-refractivity contribution is 5.31. The molecule has 0 aromatic heterocycles. The molecule has 1 fully saturated rings. The van der Waals surface area contributed by atoms with E-state index < -0.39 is 0 Å². The second-order valence-electron chi connectivity index (χ2n) is 5.76. The highest BCUT2D eigenvalue weighted by Gasteiger charge is 2.32. The maximum absolute atomic E-state index is 9.82. The summed E-state index contributed by atoms with van der Waals surface area (Å²) in [5.41, 5.74) is 0.972. The highest BCUT2D eigenvalue weighted by Crippen LogP contribution is 2.37. The fourth-order valence-corrected chi connectivity index (χ4v) is 3.03. The average molecular weight is 262 g/mol. The Morgan fingerprint density at radius 1 is 1.16 bits per heavy atom. The number of aromatic hydroxyl groups is 1. The van der Waals surface area contributed by atoms with E-state index in [9.17, 15) is 5.11 Å². The van der Waals surface area contributed by atoms with Crippen LogP contribution in [0.4, 0.5) is 0 Å². The highest BCUT2D eigenvalue weighted by atomic mass is 16.5. The molecule has 0 atom stereocenters. The summed E-state index contributed by atoms with van der Waals surface area (Å²) in [6, 6.07) is 7.49. The molecule has 2 nitrogen and oxygen atoms in total. The van der Waals surface area contributed by atoms with Crippen molar-refractivity contribution < 1.29 is 9.84 Å². The lowest BCUT2D eigenvalue weighted by Gasteiger charge is -2.37. The summed E-state index contributed by atoms with van der Waals surface area (Å²) in [7, 11) is 0. The molecule has 1 aromatic rings. The van der Waals surface area contributed by atoms with Gasteiger partial charge < -0.3 is 9.84 Å². The zero-order valence-electron chi connectivity index (χ0n) is 12.0. The minimum Gasteiger partial charge on any atom is -0.508 e. The fraction of sp³-hybridized carbons (Fsp3) is 0.647. The second kappa shape index (κ2) is 6.95. The van der Waals surface area contributed by atoms with Crippen molar-refractivity contribution in [2.75, 3.05) is 0 Å². The number of para-hydroxylation sites is 1. The van der Waals surface area contributed by atoms with Crippen molar-refractivity contribution in [3.05, 3.63) is 29.8 Å². The van der Waals surface area contributed by atoms with Crippen LogP contribution in [0.25, 0.3) is 0 Å². The molecule has 0 saturated heterocycles. The summed E-state index contributed by atoms with van der Waals surface area (Å²) in [5, 5.41) is 9.82. The number of hydrogen-bond acceptors (Lipinski definition) is 2. The molecule has 2 heteroatoms. The van der Waals surface area contributed by atoms with Crippen LogP contribution < -0.4 is 0 Å². The predicted octanol–water partition coefficient (Wildman–Crippen LogP) is 4.80. The zero-order valence-corrected chi connectivity index (χ0v) is 12.0. The van der Waals surface area contributed by atoms with Gasteiger partial charge in [-0.2, -0.15) is 0 Å².